The van der Waals surface area contributed by atoms with Crippen LogP contribution in [0.3, 0.4) is 0 Å². The third-order valence-corrected chi connectivity index (χ3v) is 12.8. The maximum atomic E-state index is 14.3. The quantitative estimate of drug-likeness (QED) is 0.0260. The summed E-state index contributed by atoms with van der Waals surface area (Å²) < 4.78 is 33.8. The van der Waals surface area contributed by atoms with E-state index in [-0.39, 0.29) is 55.7 Å². The van der Waals surface area contributed by atoms with E-state index in [9.17, 15) is 9.59 Å². The molecule has 59 heavy (non-hydrogen) atoms. The third-order valence-electron chi connectivity index (χ3n) is 10.6. The van der Waals surface area contributed by atoms with Crippen molar-refractivity contribution in [2.75, 3.05) is 40.5 Å². The van der Waals surface area contributed by atoms with Gasteiger partial charge in [0.1, 0.15) is 29.5 Å². The summed E-state index contributed by atoms with van der Waals surface area (Å²) >= 11 is 0. The average Bonchev–Trinajstić information content (AvgIpc) is 3.65. The van der Waals surface area contributed by atoms with Gasteiger partial charge in [0.05, 0.1) is 33.0 Å². The van der Waals surface area contributed by atoms with Gasteiger partial charge in [-0.3, -0.25) is 9.59 Å². The van der Waals surface area contributed by atoms with Crippen molar-refractivity contribution in [3.8, 4) is 23.8 Å². The van der Waals surface area contributed by atoms with Crippen LogP contribution in [-0.4, -0.2) is 86.0 Å². The summed E-state index contributed by atoms with van der Waals surface area (Å²) in [6.07, 6.45) is 11.7. The van der Waals surface area contributed by atoms with Gasteiger partial charge in [-0.25, -0.2) is 11.2 Å². The zero-order valence-electron chi connectivity index (χ0n) is 35.9. The molecular formula is C48H64N3O7P. The Balaban J connectivity index is 1.64. The molecular weight excluding hydrogens is 762 g/mol. The Bertz CT molecular complexity index is 1730. The second-order valence-corrected chi connectivity index (χ2v) is 16.9. The molecule has 1 amide bonds. The highest BCUT2D eigenvalue weighted by molar-refractivity contribution is 7.44. The van der Waals surface area contributed by atoms with E-state index < -0.39 is 14.1 Å². The van der Waals surface area contributed by atoms with Gasteiger partial charge in [0.2, 0.25) is 12.5 Å². The van der Waals surface area contributed by atoms with Crippen LogP contribution >= 0.6 is 8.53 Å². The van der Waals surface area contributed by atoms with Gasteiger partial charge in [0, 0.05) is 44.3 Å². The van der Waals surface area contributed by atoms with Gasteiger partial charge in [0.25, 0.3) is 8.53 Å². The first-order valence-corrected chi connectivity index (χ1v) is 22.1. The van der Waals surface area contributed by atoms with E-state index in [1.165, 1.54) is 0 Å². The fourth-order valence-corrected chi connectivity index (χ4v) is 9.44. The Morgan fingerprint density at radius 3 is 1.95 bits per heavy atom. The number of ether oxygens (including phenoxy) is 3. The molecule has 318 valence electrons. The number of methoxy groups -OCH3 is 2. The number of unbranched alkanes of at least 4 members (excludes halogenated alkanes) is 4. The van der Waals surface area contributed by atoms with Gasteiger partial charge in [-0.2, -0.15) is 0 Å². The minimum absolute atomic E-state index is 0.0529. The Morgan fingerprint density at radius 1 is 0.847 bits per heavy atom. The predicted molar refractivity (Wildman–Crippen MR) is 235 cm³/mol. The lowest BCUT2D eigenvalue weighted by Gasteiger charge is -2.38. The van der Waals surface area contributed by atoms with E-state index in [4.69, 9.17) is 36.3 Å². The van der Waals surface area contributed by atoms with Crippen LogP contribution in [0.15, 0.2) is 78.9 Å². The van der Waals surface area contributed by atoms with Crippen LogP contribution in [0, 0.1) is 18.9 Å². The number of amides is 1. The van der Waals surface area contributed by atoms with E-state index in [0.29, 0.717) is 38.6 Å². The minimum atomic E-state index is -1.51. The molecule has 11 heteroatoms. The van der Waals surface area contributed by atoms with E-state index >= 15 is 0 Å². The van der Waals surface area contributed by atoms with Crippen LogP contribution in [0.2, 0.25) is 0 Å². The topological polar surface area (TPSA) is 91.1 Å². The number of rotatable bonds is 26. The molecule has 1 fully saturated rings. The molecule has 4 rings (SSSR count). The molecule has 0 bridgehead atoms. The number of Topliss-reactive ketones (excluding diaryl/α,β-unsaturated/α-hetero) is 1. The lowest BCUT2D eigenvalue weighted by Crippen LogP contribution is -2.42. The fraction of sp³-hybridized carbons (Fsp3) is 0.521. The summed E-state index contributed by atoms with van der Waals surface area (Å²) in [7, 11) is 1.79. The Labute approximate surface area is 354 Å². The molecule has 3 aromatic rings. The summed E-state index contributed by atoms with van der Waals surface area (Å²) in [5, 5.41) is 0. The number of carbonyl (C=O) groups excluding carboxylic acids is 2. The van der Waals surface area contributed by atoms with Crippen LogP contribution in [0.4, 0.5) is 0 Å². The number of carbonyl (C=O) groups is 2. The van der Waals surface area contributed by atoms with Gasteiger partial charge >= 0.3 is 0 Å². The third kappa shape index (κ3) is 13.6. The van der Waals surface area contributed by atoms with Gasteiger partial charge in [-0.15, -0.1) is 12.3 Å². The standard InChI is InChI=1S/C48H64N3O7P/c1-9-10-14-21-43(52)22-17-11-12-18-23-47(53)50-35-46(58-59(57-33-32-49-6)51(37(2)3)38(4)5)34-42(50)36-56-48(39-19-15-13-16-20-39,40-24-28-44(54-7)29-25-40)41-26-30-45(55-8)31-27-41/h1,13,15-16,19-20,24-31,37-38,42,46H,10-12,14,17-18,21-23,32-36H2,2-5,7-8H3/t42-,46+,59?/m0/s1. The summed E-state index contributed by atoms with van der Waals surface area (Å²) in [6.45, 7) is 16.9. The zero-order chi connectivity index (χ0) is 42.6. The molecule has 0 radical (unpaired) electrons. The van der Waals surface area contributed by atoms with Crippen molar-refractivity contribution in [2.45, 2.75) is 122 Å². The van der Waals surface area contributed by atoms with Crippen LogP contribution in [0.1, 0.15) is 109 Å². The molecule has 1 aliphatic rings. The molecule has 0 aliphatic carbocycles. The Kier molecular flexibility index (Phi) is 19.9. The van der Waals surface area contributed by atoms with E-state index in [1.807, 2.05) is 71.6 Å². The number of terminal acetylenes is 1. The smallest absolute Gasteiger partial charge is 0.259 e. The lowest BCUT2D eigenvalue weighted by atomic mass is 9.80. The highest BCUT2D eigenvalue weighted by Gasteiger charge is 2.43. The van der Waals surface area contributed by atoms with E-state index in [1.54, 1.807) is 14.2 Å². The van der Waals surface area contributed by atoms with Crippen LogP contribution in [0.25, 0.3) is 4.85 Å². The summed E-state index contributed by atoms with van der Waals surface area (Å²) in [4.78, 5) is 31.9. The van der Waals surface area contributed by atoms with Crippen molar-refractivity contribution in [3.05, 3.63) is 107 Å². The molecule has 1 unspecified atom stereocenters. The van der Waals surface area contributed by atoms with Crippen LogP contribution in [-0.2, 0) is 29.0 Å². The second kappa shape index (κ2) is 24.7. The van der Waals surface area contributed by atoms with Crippen molar-refractivity contribution in [2.24, 2.45) is 0 Å². The number of likely N-dealkylation sites (tertiary alicyclic amines) is 1. The van der Waals surface area contributed by atoms with Crippen molar-refractivity contribution in [3.63, 3.8) is 0 Å². The first-order valence-electron chi connectivity index (χ1n) is 21.0. The Morgan fingerprint density at radius 2 is 1.41 bits per heavy atom. The zero-order valence-corrected chi connectivity index (χ0v) is 36.8. The highest BCUT2D eigenvalue weighted by Crippen LogP contribution is 2.49. The number of hydrogen-bond acceptors (Lipinski definition) is 8. The first kappa shape index (κ1) is 47.4. The average molecular weight is 826 g/mol. The highest BCUT2D eigenvalue weighted by atomic mass is 31.2. The van der Waals surface area contributed by atoms with Crippen LogP contribution < -0.4 is 9.47 Å². The van der Waals surface area contributed by atoms with Gasteiger partial charge < -0.3 is 33.0 Å². The summed E-state index contributed by atoms with van der Waals surface area (Å²) in [5.41, 5.74) is 1.71. The number of hydrogen-bond donors (Lipinski definition) is 0. The summed E-state index contributed by atoms with van der Waals surface area (Å²) in [5.74, 6) is 4.37. The van der Waals surface area contributed by atoms with Crippen molar-refractivity contribution >= 4 is 20.2 Å². The van der Waals surface area contributed by atoms with Crippen molar-refractivity contribution < 1.29 is 32.8 Å². The first-order chi connectivity index (χ1) is 28.6. The van der Waals surface area contributed by atoms with Crippen molar-refractivity contribution in [1.29, 1.82) is 0 Å². The molecule has 10 nitrogen and oxygen atoms in total. The van der Waals surface area contributed by atoms with Crippen molar-refractivity contribution in [1.82, 2.24) is 9.57 Å². The molecule has 1 aliphatic heterocycles. The van der Waals surface area contributed by atoms with E-state index in [2.05, 4.69) is 55.3 Å². The predicted octanol–water partition coefficient (Wildman–Crippen LogP) is 9.99. The lowest BCUT2D eigenvalue weighted by molar-refractivity contribution is -0.134. The molecule has 0 N–H and O–H groups in total. The fourth-order valence-electron chi connectivity index (χ4n) is 7.73. The SMILES string of the molecule is [C-]#[N+]CCOP(O[C@@H]1C[C@@H](COC(c2ccccc2)(c2ccc(OC)cc2)c2ccc(OC)cc2)N(C(=O)CCCCCCC(=O)CCCC#C)C1)N(C(C)C)C(C)C. The molecule has 0 saturated carbocycles. The maximum absolute atomic E-state index is 14.3. The molecule has 1 heterocycles. The number of ketones is 1. The largest absolute Gasteiger partial charge is 0.497 e. The molecule has 0 aromatic heterocycles. The van der Waals surface area contributed by atoms with Gasteiger partial charge in [0.15, 0.2) is 0 Å². The molecule has 1 saturated heterocycles. The monoisotopic (exact) mass is 825 g/mol. The minimum Gasteiger partial charge on any atom is -0.497 e. The summed E-state index contributed by atoms with van der Waals surface area (Å²) in [6, 6.07) is 26.0. The second-order valence-electron chi connectivity index (χ2n) is 15.5. The van der Waals surface area contributed by atoms with Gasteiger partial charge in [-0.1, -0.05) is 67.4 Å². The number of benzene rings is 3. The number of nitrogens with zero attached hydrogens (tertiary/aromatic N) is 3. The molecule has 3 atom stereocenters. The molecule has 3 aromatic carbocycles. The maximum Gasteiger partial charge on any atom is 0.259 e. The van der Waals surface area contributed by atoms with Crippen LogP contribution in [0.5, 0.6) is 11.5 Å². The van der Waals surface area contributed by atoms with Gasteiger partial charge in [-0.05, 0) is 94.3 Å². The Hall–Kier alpha value is -4.28. The molecule has 0 spiro atoms. The normalized spacial score (nSPS) is 15.9. The van der Waals surface area contributed by atoms with E-state index in [0.717, 1.165) is 60.3 Å².